The van der Waals surface area contributed by atoms with Crippen LogP contribution in [0.3, 0.4) is 0 Å². The second-order valence-corrected chi connectivity index (χ2v) is 3.62. The van der Waals surface area contributed by atoms with E-state index >= 15 is 0 Å². The van der Waals surface area contributed by atoms with Crippen LogP contribution < -0.4 is 5.32 Å². The molecule has 1 N–H and O–H groups in total. The van der Waals surface area contributed by atoms with Crippen LogP contribution in [0, 0.1) is 11.8 Å². The van der Waals surface area contributed by atoms with E-state index in [2.05, 4.69) is 42.9 Å². The van der Waals surface area contributed by atoms with Gasteiger partial charge < -0.3 is 5.32 Å². The third-order valence-electron chi connectivity index (χ3n) is 2.08. The number of nitrogens with one attached hydrogen (secondary N) is 1. The van der Waals surface area contributed by atoms with Gasteiger partial charge in [0.1, 0.15) is 5.82 Å². The van der Waals surface area contributed by atoms with Crippen molar-refractivity contribution in [3.63, 3.8) is 0 Å². The van der Waals surface area contributed by atoms with Crippen molar-refractivity contribution in [1.29, 1.82) is 0 Å². The average Bonchev–Trinajstić information content (AvgIpc) is 2.04. The summed E-state index contributed by atoms with van der Waals surface area (Å²) in [5, 5.41) is 11.0. The molecular formula is C10H21N3. The lowest BCUT2D eigenvalue weighted by atomic mass is 9.99. The number of azo groups is 1. The molecule has 0 saturated heterocycles. The van der Waals surface area contributed by atoms with Crippen LogP contribution in [0.2, 0.25) is 0 Å². The van der Waals surface area contributed by atoms with Gasteiger partial charge in [0.15, 0.2) is 0 Å². The Labute approximate surface area is 81.3 Å². The SMILES string of the molecule is C=C(N=NCC(C)C(C)C)NCC. The van der Waals surface area contributed by atoms with E-state index in [9.17, 15) is 0 Å². The minimum atomic E-state index is 0.582. The number of hydrogen-bond acceptors (Lipinski definition) is 3. The fourth-order valence-corrected chi connectivity index (χ4v) is 0.705. The molecule has 0 aromatic heterocycles. The molecule has 0 saturated carbocycles. The van der Waals surface area contributed by atoms with E-state index < -0.39 is 0 Å². The van der Waals surface area contributed by atoms with Gasteiger partial charge in [-0.15, -0.1) is 5.11 Å². The molecule has 0 fully saturated rings. The molecular weight excluding hydrogens is 162 g/mol. The van der Waals surface area contributed by atoms with Gasteiger partial charge in [0.05, 0.1) is 6.54 Å². The van der Waals surface area contributed by atoms with Crippen LogP contribution in [0.15, 0.2) is 22.6 Å². The Morgan fingerprint density at radius 1 is 1.38 bits per heavy atom. The van der Waals surface area contributed by atoms with Gasteiger partial charge in [0.2, 0.25) is 0 Å². The first kappa shape index (κ1) is 12.1. The molecule has 3 heteroatoms. The van der Waals surface area contributed by atoms with Gasteiger partial charge in [-0.05, 0) is 18.8 Å². The number of rotatable bonds is 6. The highest BCUT2D eigenvalue weighted by atomic mass is 15.2. The molecule has 0 aliphatic carbocycles. The second kappa shape index (κ2) is 6.63. The predicted molar refractivity (Wildman–Crippen MR) is 56.5 cm³/mol. The van der Waals surface area contributed by atoms with Gasteiger partial charge in [-0.25, -0.2) is 0 Å². The lowest BCUT2D eigenvalue weighted by Gasteiger charge is -2.11. The molecule has 0 radical (unpaired) electrons. The molecule has 0 aromatic rings. The maximum Gasteiger partial charge on any atom is 0.140 e. The molecule has 0 rings (SSSR count). The van der Waals surface area contributed by atoms with Crippen molar-refractivity contribution in [3.8, 4) is 0 Å². The summed E-state index contributed by atoms with van der Waals surface area (Å²) in [5.41, 5.74) is 0. The highest BCUT2D eigenvalue weighted by Gasteiger charge is 2.04. The Balaban J connectivity index is 3.68. The maximum atomic E-state index is 4.07. The Bertz CT molecular complexity index is 173. The van der Waals surface area contributed by atoms with Gasteiger partial charge in [0.25, 0.3) is 0 Å². The van der Waals surface area contributed by atoms with E-state index in [0.29, 0.717) is 17.7 Å². The minimum Gasteiger partial charge on any atom is -0.369 e. The third-order valence-corrected chi connectivity index (χ3v) is 2.08. The van der Waals surface area contributed by atoms with E-state index in [0.717, 1.165) is 13.1 Å². The fourth-order valence-electron chi connectivity index (χ4n) is 0.705. The van der Waals surface area contributed by atoms with Gasteiger partial charge in [-0.2, -0.15) is 5.11 Å². The first-order valence-electron chi connectivity index (χ1n) is 4.88. The van der Waals surface area contributed by atoms with E-state index in [1.807, 2.05) is 6.92 Å². The summed E-state index contributed by atoms with van der Waals surface area (Å²) in [7, 11) is 0. The van der Waals surface area contributed by atoms with Gasteiger partial charge in [-0.3, -0.25) is 0 Å². The van der Waals surface area contributed by atoms with E-state index in [-0.39, 0.29) is 0 Å². The molecule has 3 nitrogen and oxygen atoms in total. The standard InChI is InChI=1S/C10H21N3/c1-6-11-10(5)13-12-7-9(4)8(2)3/h8-9,11H,5-7H2,1-4H3. The van der Waals surface area contributed by atoms with Gasteiger partial charge >= 0.3 is 0 Å². The topological polar surface area (TPSA) is 36.8 Å². The Kier molecular flexibility index (Phi) is 6.20. The molecule has 1 atom stereocenters. The van der Waals surface area contributed by atoms with Crippen LogP contribution in [0.4, 0.5) is 0 Å². The van der Waals surface area contributed by atoms with Crippen molar-refractivity contribution in [2.24, 2.45) is 22.1 Å². The summed E-state index contributed by atoms with van der Waals surface area (Å²) >= 11 is 0. The second-order valence-electron chi connectivity index (χ2n) is 3.62. The highest BCUT2D eigenvalue weighted by molar-refractivity contribution is 4.85. The molecule has 0 amide bonds. The van der Waals surface area contributed by atoms with E-state index in [1.54, 1.807) is 0 Å². The summed E-state index contributed by atoms with van der Waals surface area (Å²) in [5.74, 6) is 1.89. The smallest absolute Gasteiger partial charge is 0.140 e. The Hall–Kier alpha value is -0.860. The number of hydrogen-bond donors (Lipinski definition) is 1. The molecule has 1 unspecified atom stereocenters. The first-order chi connectivity index (χ1) is 6.07. The zero-order chi connectivity index (χ0) is 10.3. The lowest BCUT2D eigenvalue weighted by Crippen LogP contribution is -2.10. The zero-order valence-corrected chi connectivity index (χ0v) is 9.17. The van der Waals surface area contributed by atoms with Crippen molar-refractivity contribution in [2.75, 3.05) is 13.1 Å². The third kappa shape index (κ3) is 6.31. The van der Waals surface area contributed by atoms with Crippen molar-refractivity contribution < 1.29 is 0 Å². The molecule has 0 aliphatic heterocycles. The summed E-state index contributed by atoms with van der Waals surface area (Å²) in [6, 6.07) is 0. The van der Waals surface area contributed by atoms with Crippen molar-refractivity contribution in [3.05, 3.63) is 12.4 Å². The largest absolute Gasteiger partial charge is 0.369 e. The molecule has 0 aliphatic rings. The minimum absolute atomic E-state index is 0.582. The number of nitrogens with zero attached hydrogens (tertiary/aromatic N) is 2. The first-order valence-corrected chi connectivity index (χ1v) is 4.88. The van der Waals surface area contributed by atoms with Crippen LogP contribution >= 0.6 is 0 Å². The molecule has 0 spiro atoms. The summed E-state index contributed by atoms with van der Waals surface area (Å²) < 4.78 is 0. The average molecular weight is 183 g/mol. The molecule has 0 bridgehead atoms. The van der Waals surface area contributed by atoms with Crippen LogP contribution in [0.25, 0.3) is 0 Å². The molecule has 0 heterocycles. The summed E-state index contributed by atoms with van der Waals surface area (Å²) in [6.07, 6.45) is 0. The Morgan fingerprint density at radius 3 is 2.46 bits per heavy atom. The zero-order valence-electron chi connectivity index (χ0n) is 9.17. The molecule has 0 aromatic carbocycles. The maximum absolute atomic E-state index is 4.07. The highest BCUT2D eigenvalue weighted by Crippen LogP contribution is 2.09. The monoisotopic (exact) mass is 183 g/mol. The van der Waals surface area contributed by atoms with Crippen LogP contribution in [-0.4, -0.2) is 13.1 Å². The quantitative estimate of drug-likeness (QED) is 0.632. The van der Waals surface area contributed by atoms with E-state index in [1.165, 1.54) is 0 Å². The van der Waals surface area contributed by atoms with Crippen LogP contribution in [0.1, 0.15) is 27.7 Å². The van der Waals surface area contributed by atoms with Crippen LogP contribution in [-0.2, 0) is 0 Å². The van der Waals surface area contributed by atoms with Crippen LogP contribution in [0.5, 0.6) is 0 Å². The Morgan fingerprint density at radius 2 is 2.00 bits per heavy atom. The van der Waals surface area contributed by atoms with Crippen molar-refractivity contribution >= 4 is 0 Å². The molecule has 76 valence electrons. The predicted octanol–water partition coefficient (Wildman–Crippen LogP) is 2.81. The summed E-state index contributed by atoms with van der Waals surface area (Å²) in [6.45, 7) is 13.9. The van der Waals surface area contributed by atoms with Crippen molar-refractivity contribution in [2.45, 2.75) is 27.7 Å². The molecule has 13 heavy (non-hydrogen) atoms. The van der Waals surface area contributed by atoms with Gasteiger partial charge in [0, 0.05) is 6.54 Å². The summed E-state index contributed by atoms with van der Waals surface area (Å²) in [4.78, 5) is 0. The normalized spacial score (nSPS) is 13.6. The van der Waals surface area contributed by atoms with E-state index in [4.69, 9.17) is 0 Å². The van der Waals surface area contributed by atoms with Gasteiger partial charge in [-0.1, -0.05) is 27.4 Å². The lowest BCUT2D eigenvalue weighted by molar-refractivity contribution is 0.424. The van der Waals surface area contributed by atoms with Crippen molar-refractivity contribution in [1.82, 2.24) is 5.32 Å². The fraction of sp³-hybridized carbons (Fsp3) is 0.800.